The number of alkyl halides is 1. The molecule has 0 aliphatic rings. The van der Waals surface area contributed by atoms with Gasteiger partial charge in [-0.1, -0.05) is 59.9 Å². The van der Waals surface area contributed by atoms with Gasteiger partial charge in [0.1, 0.15) is 5.82 Å². The van der Waals surface area contributed by atoms with E-state index >= 15 is 0 Å². The van der Waals surface area contributed by atoms with Gasteiger partial charge in [-0.05, 0) is 47.9 Å². The Kier molecular flexibility index (Phi) is 4.62. The summed E-state index contributed by atoms with van der Waals surface area (Å²) in [6, 6.07) is 11.2. The van der Waals surface area contributed by atoms with E-state index in [9.17, 15) is 4.39 Å². The fourth-order valence-corrected chi connectivity index (χ4v) is 3.62. The number of benzene rings is 2. The number of aryl methyl sites for hydroxylation is 1. The first-order valence-corrected chi connectivity index (χ1v) is 7.83. The molecule has 0 spiro atoms. The lowest BCUT2D eigenvalue weighted by Crippen LogP contribution is -1.95. The highest BCUT2D eigenvalue weighted by Crippen LogP contribution is 2.34. The highest BCUT2D eigenvalue weighted by atomic mass is 79.9. The first-order chi connectivity index (χ1) is 8.47. The van der Waals surface area contributed by atoms with Crippen LogP contribution in [0.5, 0.6) is 0 Å². The van der Waals surface area contributed by atoms with Crippen LogP contribution in [0.25, 0.3) is 0 Å². The Morgan fingerprint density at radius 3 is 2.11 bits per heavy atom. The maximum Gasteiger partial charge on any atom is 0.126 e. The molecule has 0 aliphatic heterocycles. The average Bonchev–Trinajstić information content (AvgIpc) is 2.30. The van der Waals surface area contributed by atoms with Crippen LogP contribution in [0.1, 0.15) is 21.5 Å². The smallest absolute Gasteiger partial charge is 0.126 e. The molecule has 0 aromatic heterocycles. The van der Waals surface area contributed by atoms with Gasteiger partial charge in [0.25, 0.3) is 0 Å². The van der Waals surface area contributed by atoms with Crippen LogP contribution in [-0.4, -0.2) is 0 Å². The fourth-order valence-electron chi connectivity index (χ4n) is 1.74. The highest BCUT2D eigenvalue weighted by Gasteiger charge is 2.12. The van der Waals surface area contributed by atoms with E-state index in [0.29, 0.717) is 5.56 Å². The summed E-state index contributed by atoms with van der Waals surface area (Å²) in [5.74, 6) is -0.172. The predicted octanol–water partition coefficient (Wildman–Crippen LogP) is 6.14. The number of halogens is 4. The Balaban J connectivity index is 2.40. The Hall–Kier alpha value is -0.190. The minimum absolute atomic E-state index is 0.0469. The SMILES string of the molecule is Cc1cc(C(Br)c2cc(Br)cc(Br)c2)ccc1F. The Morgan fingerprint density at radius 1 is 0.944 bits per heavy atom. The summed E-state index contributed by atoms with van der Waals surface area (Å²) in [7, 11) is 0. The lowest BCUT2D eigenvalue weighted by Gasteiger charge is -2.13. The molecule has 4 heteroatoms. The predicted molar refractivity (Wildman–Crippen MR) is 83.7 cm³/mol. The molecule has 0 heterocycles. The molecule has 0 amide bonds. The molecule has 0 bridgehead atoms. The molecule has 0 saturated carbocycles. The minimum atomic E-state index is -0.172. The normalized spacial score (nSPS) is 12.5. The molecular formula is C14H10Br3F. The zero-order valence-electron chi connectivity index (χ0n) is 9.55. The van der Waals surface area contributed by atoms with Crippen LogP contribution in [0.15, 0.2) is 45.3 Å². The van der Waals surface area contributed by atoms with Crippen molar-refractivity contribution in [2.24, 2.45) is 0 Å². The maximum absolute atomic E-state index is 13.3. The van der Waals surface area contributed by atoms with Gasteiger partial charge in [-0.15, -0.1) is 0 Å². The molecule has 2 aromatic carbocycles. The van der Waals surface area contributed by atoms with Crippen LogP contribution in [0.4, 0.5) is 4.39 Å². The van der Waals surface area contributed by atoms with Gasteiger partial charge in [0.15, 0.2) is 0 Å². The Bertz CT molecular complexity index is 561. The molecule has 2 aromatic rings. The number of rotatable bonds is 2. The van der Waals surface area contributed by atoms with Gasteiger partial charge in [0.2, 0.25) is 0 Å². The molecule has 94 valence electrons. The van der Waals surface area contributed by atoms with Gasteiger partial charge in [0.05, 0.1) is 4.83 Å². The second-order valence-corrected chi connectivity index (χ2v) is 6.82. The first-order valence-electron chi connectivity index (χ1n) is 5.33. The Morgan fingerprint density at radius 2 is 1.56 bits per heavy atom. The van der Waals surface area contributed by atoms with Crippen molar-refractivity contribution in [3.8, 4) is 0 Å². The van der Waals surface area contributed by atoms with Crippen molar-refractivity contribution in [2.75, 3.05) is 0 Å². The summed E-state index contributed by atoms with van der Waals surface area (Å²) < 4.78 is 15.3. The third-order valence-electron chi connectivity index (χ3n) is 2.65. The standard InChI is InChI=1S/C14H10Br3F/c1-8-4-9(2-3-13(8)18)14(17)10-5-11(15)7-12(16)6-10/h2-7,14H,1H3. The minimum Gasteiger partial charge on any atom is -0.207 e. The van der Waals surface area contributed by atoms with Crippen LogP contribution in [0, 0.1) is 12.7 Å². The topological polar surface area (TPSA) is 0 Å². The van der Waals surface area contributed by atoms with Crippen molar-refractivity contribution in [2.45, 2.75) is 11.8 Å². The van der Waals surface area contributed by atoms with Gasteiger partial charge < -0.3 is 0 Å². The van der Waals surface area contributed by atoms with E-state index in [1.165, 1.54) is 6.07 Å². The van der Waals surface area contributed by atoms with Crippen LogP contribution in [0.3, 0.4) is 0 Å². The van der Waals surface area contributed by atoms with Gasteiger partial charge in [-0.3, -0.25) is 0 Å². The van der Waals surface area contributed by atoms with E-state index < -0.39 is 0 Å². The van der Waals surface area contributed by atoms with E-state index in [4.69, 9.17) is 0 Å². The number of hydrogen-bond acceptors (Lipinski definition) is 0. The lowest BCUT2D eigenvalue weighted by molar-refractivity contribution is 0.618. The van der Waals surface area contributed by atoms with Crippen LogP contribution >= 0.6 is 47.8 Å². The zero-order chi connectivity index (χ0) is 13.3. The quantitative estimate of drug-likeness (QED) is 0.496. The van der Waals surface area contributed by atoms with Crippen molar-refractivity contribution in [1.29, 1.82) is 0 Å². The second-order valence-electron chi connectivity index (χ2n) is 4.07. The molecule has 2 rings (SSSR count). The molecule has 0 saturated heterocycles. The van der Waals surface area contributed by atoms with Gasteiger partial charge in [-0.2, -0.15) is 0 Å². The monoisotopic (exact) mass is 434 g/mol. The van der Waals surface area contributed by atoms with Gasteiger partial charge in [-0.25, -0.2) is 4.39 Å². The zero-order valence-corrected chi connectivity index (χ0v) is 14.3. The van der Waals surface area contributed by atoms with Crippen molar-refractivity contribution >= 4 is 47.8 Å². The summed E-state index contributed by atoms with van der Waals surface area (Å²) in [4.78, 5) is 0.0469. The van der Waals surface area contributed by atoms with Crippen molar-refractivity contribution in [1.82, 2.24) is 0 Å². The van der Waals surface area contributed by atoms with Gasteiger partial charge in [0, 0.05) is 8.95 Å². The van der Waals surface area contributed by atoms with Gasteiger partial charge >= 0.3 is 0 Å². The van der Waals surface area contributed by atoms with Crippen molar-refractivity contribution in [3.05, 3.63) is 67.9 Å². The van der Waals surface area contributed by atoms with E-state index in [1.807, 2.05) is 24.3 Å². The number of hydrogen-bond donors (Lipinski definition) is 0. The van der Waals surface area contributed by atoms with Crippen LogP contribution in [-0.2, 0) is 0 Å². The van der Waals surface area contributed by atoms with E-state index in [0.717, 1.165) is 20.1 Å². The lowest BCUT2D eigenvalue weighted by atomic mass is 10.0. The maximum atomic E-state index is 13.3. The van der Waals surface area contributed by atoms with E-state index in [1.54, 1.807) is 13.0 Å². The molecule has 0 fully saturated rings. The molecule has 1 atom stereocenters. The van der Waals surface area contributed by atoms with Crippen molar-refractivity contribution in [3.63, 3.8) is 0 Å². The average molecular weight is 437 g/mol. The molecule has 0 aliphatic carbocycles. The highest BCUT2D eigenvalue weighted by molar-refractivity contribution is 9.11. The largest absolute Gasteiger partial charge is 0.207 e. The molecule has 0 N–H and O–H groups in total. The summed E-state index contributed by atoms with van der Waals surface area (Å²) in [5, 5.41) is 0. The Labute approximate surface area is 131 Å². The van der Waals surface area contributed by atoms with Crippen LogP contribution in [0.2, 0.25) is 0 Å². The molecule has 0 radical (unpaired) electrons. The summed E-state index contributed by atoms with van der Waals surface area (Å²) >= 11 is 10.6. The summed E-state index contributed by atoms with van der Waals surface area (Å²) in [6.07, 6.45) is 0. The van der Waals surface area contributed by atoms with Crippen LogP contribution < -0.4 is 0 Å². The molecular weight excluding hydrogens is 427 g/mol. The first kappa shape index (κ1) is 14.2. The fraction of sp³-hybridized carbons (Fsp3) is 0.143. The second kappa shape index (κ2) is 5.85. The van der Waals surface area contributed by atoms with E-state index in [-0.39, 0.29) is 10.6 Å². The molecule has 1 unspecified atom stereocenters. The summed E-state index contributed by atoms with van der Waals surface area (Å²) in [5.41, 5.74) is 2.81. The van der Waals surface area contributed by atoms with E-state index in [2.05, 4.69) is 47.8 Å². The molecule has 18 heavy (non-hydrogen) atoms. The van der Waals surface area contributed by atoms with Crippen molar-refractivity contribution < 1.29 is 4.39 Å². The molecule has 0 nitrogen and oxygen atoms in total. The summed E-state index contributed by atoms with van der Waals surface area (Å²) in [6.45, 7) is 1.77. The third kappa shape index (κ3) is 3.22. The third-order valence-corrected chi connectivity index (χ3v) is 4.63.